The molecule has 0 aromatic carbocycles. The lowest BCUT2D eigenvalue weighted by atomic mass is 10.2. The highest BCUT2D eigenvalue weighted by atomic mass is 16.3. The fourth-order valence-electron chi connectivity index (χ4n) is 1.75. The fraction of sp³-hybridized carbons (Fsp3) is 0.667. The number of aromatic nitrogens is 2. The molecule has 1 heterocycles. The molecule has 18 heavy (non-hydrogen) atoms. The molecule has 0 radical (unpaired) electrons. The van der Waals surface area contributed by atoms with Crippen molar-refractivity contribution >= 4 is 11.6 Å². The molecule has 1 saturated carbocycles. The van der Waals surface area contributed by atoms with Gasteiger partial charge in [0.05, 0.1) is 12.7 Å². The number of nitrogens with one attached hydrogen (secondary N) is 2. The van der Waals surface area contributed by atoms with E-state index < -0.39 is 6.10 Å². The van der Waals surface area contributed by atoms with Gasteiger partial charge in [-0.1, -0.05) is 0 Å². The molecule has 4 N–H and O–H groups in total. The summed E-state index contributed by atoms with van der Waals surface area (Å²) in [4.78, 5) is 8.98. The van der Waals surface area contributed by atoms with Gasteiger partial charge in [0.15, 0.2) is 0 Å². The highest BCUT2D eigenvalue weighted by molar-refractivity contribution is 5.57. The van der Waals surface area contributed by atoms with Gasteiger partial charge in [-0.3, -0.25) is 0 Å². The standard InChI is InChI=1S/C12H20N4O2/c1-7-10(13-2)15-12(8-3-4-8)16-11(7)14-5-9(18)6-17/h8-9,17-18H,3-6H2,1-2H3,(H2,13,14,15,16). The average molecular weight is 252 g/mol. The highest BCUT2D eigenvalue weighted by Crippen LogP contribution is 2.39. The van der Waals surface area contributed by atoms with Crippen molar-refractivity contribution < 1.29 is 10.2 Å². The molecule has 0 aliphatic heterocycles. The van der Waals surface area contributed by atoms with Crippen LogP contribution in [0.15, 0.2) is 0 Å². The van der Waals surface area contributed by atoms with Crippen molar-refractivity contribution in [3.63, 3.8) is 0 Å². The predicted octanol–water partition coefficient (Wildman–Crippen LogP) is 0.469. The molecule has 1 fully saturated rings. The van der Waals surface area contributed by atoms with Crippen LogP contribution in [-0.2, 0) is 0 Å². The molecule has 1 aliphatic carbocycles. The average Bonchev–Trinajstić information content (AvgIpc) is 3.21. The van der Waals surface area contributed by atoms with Crippen molar-refractivity contribution in [3.8, 4) is 0 Å². The largest absolute Gasteiger partial charge is 0.394 e. The smallest absolute Gasteiger partial charge is 0.136 e. The molecule has 0 spiro atoms. The summed E-state index contributed by atoms with van der Waals surface area (Å²) in [5, 5.41) is 24.3. The van der Waals surface area contributed by atoms with Crippen LogP contribution >= 0.6 is 0 Å². The van der Waals surface area contributed by atoms with Gasteiger partial charge in [-0.15, -0.1) is 0 Å². The molecule has 1 unspecified atom stereocenters. The maximum absolute atomic E-state index is 9.36. The molecule has 6 nitrogen and oxygen atoms in total. The highest BCUT2D eigenvalue weighted by Gasteiger charge is 2.28. The number of aliphatic hydroxyl groups is 2. The Balaban J connectivity index is 2.18. The van der Waals surface area contributed by atoms with Crippen molar-refractivity contribution in [3.05, 3.63) is 11.4 Å². The number of anilines is 2. The molecule has 0 saturated heterocycles. The van der Waals surface area contributed by atoms with Crippen LogP contribution in [0, 0.1) is 6.92 Å². The quantitative estimate of drug-likeness (QED) is 0.588. The Kier molecular flexibility index (Phi) is 3.98. The second-order valence-corrected chi connectivity index (χ2v) is 4.65. The summed E-state index contributed by atoms with van der Waals surface area (Å²) in [6.07, 6.45) is 1.51. The van der Waals surface area contributed by atoms with Crippen LogP contribution in [0.2, 0.25) is 0 Å². The minimum atomic E-state index is -0.776. The maximum atomic E-state index is 9.36. The zero-order valence-corrected chi connectivity index (χ0v) is 10.8. The molecule has 6 heteroatoms. The summed E-state index contributed by atoms with van der Waals surface area (Å²) in [6.45, 7) is 1.95. The van der Waals surface area contributed by atoms with E-state index >= 15 is 0 Å². The molecule has 1 atom stereocenters. The topological polar surface area (TPSA) is 90.3 Å². The molecule has 100 valence electrons. The van der Waals surface area contributed by atoms with E-state index in [0.29, 0.717) is 5.92 Å². The summed E-state index contributed by atoms with van der Waals surface area (Å²) in [5.41, 5.74) is 0.923. The maximum Gasteiger partial charge on any atom is 0.136 e. The molecule has 1 aromatic rings. The van der Waals surface area contributed by atoms with E-state index in [1.165, 1.54) is 0 Å². The molecule has 0 bridgehead atoms. The molecule has 0 amide bonds. The van der Waals surface area contributed by atoms with E-state index in [4.69, 9.17) is 5.11 Å². The molecule has 1 aromatic heterocycles. The van der Waals surface area contributed by atoms with Gasteiger partial charge in [-0.05, 0) is 19.8 Å². The zero-order chi connectivity index (χ0) is 13.1. The number of hydrogen-bond acceptors (Lipinski definition) is 6. The van der Waals surface area contributed by atoms with E-state index in [9.17, 15) is 5.11 Å². The van der Waals surface area contributed by atoms with E-state index in [0.717, 1.165) is 35.9 Å². The van der Waals surface area contributed by atoms with E-state index in [2.05, 4.69) is 20.6 Å². The Bertz CT molecular complexity index is 421. The second kappa shape index (κ2) is 5.49. The third-order valence-corrected chi connectivity index (χ3v) is 3.06. The Morgan fingerprint density at radius 2 is 2.00 bits per heavy atom. The lowest BCUT2D eigenvalue weighted by Crippen LogP contribution is -2.24. The van der Waals surface area contributed by atoms with Crippen LogP contribution in [0.1, 0.15) is 30.1 Å². The summed E-state index contributed by atoms with van der Waals surface area (Å²) in [6, 6.07) is 0. The minimum absolute atomic E-state index is 0.258. The number of hydrogen-bond donors (Lipinski definition) is 4. The van der Waals surface area contributed by atoms with Crippen LogP contribution in [-0.4, -0.2) is 46.5 Å². The number of aliphatic hydroxyl groups excluding tert-OH is 2. The fourth-order valence-corrected chi connectivity index (χ4v) is 1.75. The first-order valence-electron chi connectivity index (χ1n) is 6.24. The van der Waals surface area contributed by atoms with Gasteiger partial charge in [0.25, 0.3) is 0 Å². The molecule has 1 aliphatic rings. The van der Waals surface area contributed by atoms with E-state index in [-0.39, 0.29) is 13.2 Å². The third kappa shape index (κ3) is 2.88. The van der Waals surface area contributed by atoms with Crippen LogP contribution < -0.4 is 10.6 Å². The van der Waals surface area contributed by atoms with Gasteiger partial charge in [0.2, 0.25) is 0 Å². The van der Waals surface area contributed by atoms with Gasteiger partial charge in [-0.2, -0.15) is 0 Å². The summed E-state index contributed by atoms with van der Waals surface area (Å²) >= 11 is 0. The monoisotopic (exact) mass is 252 g/mol. The van der Waals surface area contributed by atoms with Crippen molar-refractivity contribution in [2.75, 3.05) is 30.8 Å². The van der Waals surface area contributed by atoms with E-state index in [1.807, 2.05) is 14.0 Å². The Hall–Kier alpha value is -1.40. The first-order valence-corrected chi connectivity index (χ1v) is 6.24. The SMILES string of the molecule is CNc1nc(C2CC2)nc(NCC(O)CO)c1C. The van der Waals surface area contributed by atoms with Crippen molar-refractivity contribution in [2.45, 2.75) is 31.8 Å². The van der Waals surface area contributed by atoms with Gasteiger partial charge >= 0.3 is 0 Å². The minimum Gasteiger partial charge on any atom is -0.394 e. The Morgan fingerprint density at radius 3 is 2.56 bits per heavy atom. The van der Waals surface area contributed by atoms with Crippen LogP contribution in [0.4, 0.5) is 11.6 Å². The summed E-state index contributed by atoms with van der Waals surface area (Å²) in [5.74, 6) is 2.86. The van der Waals surface area contributed by atoms with Crippen molar-refractivity contribution in [1.82, 2.24) is 9.97 Å². The third-order valence-electron chi connectivity index (χ3n) is 3.06. The summed E-state index contributed by atoms with van der Waals surface area (Å²) < 4.78 is 0. The number of rotatable bonds is 6. The molecular formula is C12H20N4O2. The van der Waals surface area contributed by atoms with Gasteiger partial charge in [-0.25, -0.2) is 9.97 Å². The first-order chi connectivity index (χ1) is 8.65. The molecular weight excluding hydrogens is 232 g/mol. The van der Waals surface area contributed by atoms with Gasteiger partial charge in [0, 0.05) is 25.1 Å². The van der Waals surface area contributed by atoms with E-state index in [1.54, 1.807) is 0 Å². The van der Waals surface area contributed by atoms with Gasteiger partial charge in [0.1, 0.15) is 17.5 Å². The normalized spacial score (nSPS) is 16.4. The van der Waals surface area contributed by atoms with Crippen LogP contribution in [0.3, 0.4) is 0 Å². The predicted molar refractivity (Wildman–Crippen MR) is 69.9 cm³/mol. The Morgan fingerprint density at radius 1 is 1.33 bits per heavy atom. The number of nitrogens with zero attached hydrogens (tertiary/aromatic N) is 2. The van der Waals surface area contributed by atoms with Crippen molar-refractivity contribution in [2.24, 2.45) is 0 Å². The van der Waals surface area contributed by atoms with Crippen molar-refractivity contribution in [1.29, 1.82) is 0 Å². The summed E-state index contributed by atoms with van der Waals surface area (Å²) in [7, 11) is 1.83. The van der Waals surface area contributed by atoms with Crippen LogP contribution in [0.5, 0.6) is 0 Å². The molecule has 2 rings (SSSR count). The lowest BCUT2D eigenvalue weighted by molar-refractivity contribution is 0.105. The first kappa shape index (κ1) is 13.0. The zero-order valence-electron chi connectivity index (χ0n) is 10.8. The Labute approximate surface area is 106 Å². The lowest BCUT2D eigenvalue weighted by Gasteiger charge is -2.15. The van der Waals surface area contributed by atoms with Gasteiger partial charge < -0.3 is 20.8 Å². The second-order valence-electron chi connectivity index (χ2n) is 4.65. The van der Waals surface area contributed by atoms with Crippen LogP contribution in [0.25, 0.3) is 0 Å².